The van der Waals surface area contributed by atoms with Gasteiger partial charge in [0.05, 0.1) is 32.9 Å². The Morgan fingerprint density at radius 1 is 1.08 bits per heavy atom. The summed E-state index contributed by atoms with van der Waals surface area (Å²) in [5.74, 6) is -0.563. The van der Waals surface area contributed by atoms with Gasteiger partial charge in [0.15, 0.2) is 5.79 Å². The van der Waals surface area contributed by atoms with Gasteiger partial charge in [-0.15, -0.1) is 0 Å². The maximum atomic E-state index is 13.1. The van der Waals surface area contributed by atoms with Crippen molar-refractivity contribution < 1.29 is 23.4 Å². The summed E-state index contributed by atoms with van der Waals surface area (Å²) in [6.45, 7) is 4.95. The summed E-state index contributed by atoms with van der Waals surface area (Å²) in [5.41, 5.74) is 0.902. The normalized spacial score (nSPS) is 26.3. The summed E-state index contributed by atoms with van der Waals surface area (Å²) in [5, 5.41) is 0. The van der Waals surface area contributed by atoms with Gasteiger partial charge in [-0.3, -0.25) is 9.69 Å². The number of halogens is 1. The molecule has 3 aliphatic heterocycles. The van der Waals surface area contributed by atoms with Gasteiger partial charge < -0.3 is 19.1 Å². The minimum absolute atomic E-state index is 0.115. The SMILES string of the molecule is O=C(CN1CCC2(CC1)OCCO2)N1CCOC(c2ccc(F)cc2)C1. The molecule has 0 N–H and O–H groups in total. The highest BCUT2D eigenvalue weighted by Crippen LogP contribution is 2.31. The standard InChI is InChI=1S/C19H25FN2O4/c20-16-3-1-15(2-4-16)17-13-22(9-10-24-17)18(23)14-21-7-5-19(6-8-21)25-11-12-26-19/h1-4,17H,5-14H2. The summed E-state index contributed by atoms with van der Waals surface area (Å²) in [7, 11) is 0. The fourth-order valence-corrected chi connectivity index (χ4v) is 3.88. The molecule has 1 unspecified atom stereocenters. The van der Waals surface area contributed by atoms with Gasteiger partial charge in [-0.05, 0) is 17.7 Å². The largest absolute Gasteiger partial charge is 0.370 e. The maximum Gasteiger partial charge on any atom is 0.236 e. The van der Waals surface area contributed by atoms with Gasteiger partial charge in [0.2, 0.25) is 5.91 Å². The molecule has 0 aliphatic carbocycles. The number of benzene rings is 1. The zero-order chi connectivity index (χ0) is 18.0. The van der Waals surface area contributed by atoms with Gasteiger partial charge in [-0.2, -0.15) is 0 Å². The molecule has 6 nitrogen and oxygen atoms in total. The molecule has 142 valence electrons. The lowest BCUT2D eigenvalue weighted by Crippen LogP contribution is -2.50. The van der Waals surface area contributed by atoms with Crippen LogP contribution < -0.4 is 0 Å². The number of rotatable bonds is 3. The van der Waals surface area contributed by atoms with E-state index in [1.54, 1.807) is 12.1 Å². The van der Waals surface area contributed by atoms with Crippen LogP contribution in [0.5, 0.6) is 0 Å². The lowest BCUT2D eigenvalue weighted by molar-refractivity contribution is -0.186. The van der Waals surface area contributed by atoms with Crippen molar-refractivity contribution in [3.63, 3.8) is 0 Å². The van der Waals surface area contributed by atoms with Crippen LogP contribution >= 0.6 is 0 Å². The Hall–Kier alpha value is -1.54. The van der Waals surface area contributed by atoms with Crippen molar-refractivity contribution in [3.05, 3.63) is 35.6 Å². The first kappa shape index (κ1) is 17.9. The smallest absolute Gasteiger partial charge is 0.236 e. The predicted octanol–water partition coefficient (Wildman–Crippen LogP) is 1.56. The molecule has 26 heavy (non-hydrogen) atoms. The Kier molecular flexibility index (Phi) is 5.22. The molecule has 3 aliphatic rings. The van der Waals surface area contributed by atoms with Crippen LogP contribution in [0.2, 0.25) is 0 Å². The number of likely N-dealkylation sites (tertiary alicyclic amines) is 1. The third-order valence-corrected chi connectivity index (χ3v) is 5.45. The lowest BCUT2D eigenvalue weighted by atomic mass is 10.0. The van der Waals surface area contributed by atoms with E-state index >= 15 is 0 Å². The van der Waals surface area contributed by atoms with Crippen molar-refractivity contribution in [3.8, 4) is 0 Å². The van der Waals surface area contributed by atoms with Crippen molar-refractivity contribution in [2.24, 2.45) is 0 Å². The molecule has 1 atom stereocenters. The highest BCUT2D eigenvalue weighted by Gasteiger charge is 2.40. The van der Waals surface area contributed by atoms with E-state index in [4.69, 9.17) is 14.2 Å². The molecular formula is C19H25FN2O4. The van der Waals surface area contributed by atoms with Crippen molar-refractivity contribution in [1.29, 1.82) is 0 Å². The van der Waals surface area contributed by atoms with Gasteiger partial charge >= 0.3 is 0 Å². The molecule has 1 spiro atoms. The molecule has 0 bridgehead atoms. The molecule has 0 saturated carbocycles. The summed E-state index contributed by atoms with van der Waals surface area (Å²) < 4.78 is 30.3. The van der Waals surface area contributed by atoms with Gasteiger partial charge in [0, 0.05) is 32.5 Å². The van der Waals surface area contributed by atoms with Crippen LogP contribution in [0.1, 0.15) is 24.5 Å². The van der Waals surface area contributed by atoms with Crippen LogP contribution in [0, 0.1) is 5.82 Å². The highest BCUT2D eigenvalue weighted by atomic mass is 19.1. The van der Waals surface area contributed by atoms with Crippen LogP contribution in [0.3, 0.4) is 0 Å². The molecular weight excluding hydrogens is 339 g/mol. The molecule has 4 rings (SSSR count). The summed E-state index contributed by atoms with van der Waals surface area (Å²) in [4.78, 5) is 16.7. The van der Waals surface area contributed by atoms with E-state index in [2.05, 4.69) is 4.90 Å². The Balaban J connectivity index is 1.29. The van der Waals surface area contributed by atoms with Gasteiger partial charge in [0.1, 0.15) is 11.9 Å². The fraction of sp³-hybridized carbons (Fsp3) is 0.632. The Labute approximate surface area is 152 Å². The minimum Gasteiger partial charge on any atom is -0.370 e. The molecule has 1 amide bonds. The topological polar surface area (TPSA) is 51.2 Å². The van der Waals surface area contributed by atoms with Crippen molar-refractivity contribution in [1.82, 2.24) is 9.80 Å². The molecule has 0 aromatic heterocycles. The third-order valence-electron chi connectivity index (χ3n) is 5.45. The summed E-state index contributed by atoms with van der Waals surface area (Å²) in [6.07, 6.45) is 1.42. The number of morpholine rings is 1. The van der Waals surface area contributed by atoms with Gasteiger partial charge in [0.25, 0.3) is 0 Å². The van der Waals surface area contributed by atoms with E-state index in [0.717, 1.165) is 31.5 Å². The highest BCUT2D eigenvalue weighted by molar-refractivity contribution is 5.78. The molecule has 3 saturated heterocycles. The predicted molar refractivity (Wildman–Crippen MR) is 92.0 cm³/mol. The summed E-state index contributed by atoms with van der Waals surface area (Å²) >= 11 is 0. The van der Waals surface area contributed by atoms with E-state index < -0.39 is 5.79 Å². The molecule has 7 heteroatoms. The average Bonchev–Trinajstić information content (AvgIpc) is 3.13. The molecule has 0 radical (unpaired) electrons. The van der Waals surface area contributed by atoms with Gasteiger partial charge in [-0.25, -0.2) is 4.39 Å². The monoisotopic (exact) mass is 364 g/mol. The van der Waals surface area contributed by atoms with E-state index in [0.29, 0.717) is 39.5 Å². The molecule has 3 fully saturated rings. The van der Waals surface area contributed by atoms with Crippen molar-refractivity contribution in [2.75, 3.05) is 52.5 Å². The number of hydrogen-bond acceptors (Lipinski definition) is 5. The van der Waals surface area contributed by atoms with Crippen LogP contribution in [0.4, 0.5) is 4.39 Å². The number of ether oxygens (including phenoxy) is 3. The number of amides is 1. The van der Waals surface area contributed by atoms with Crippen LogP contribution in [-0.4, -0.2) is 74.0 Å². The molecule has 3 heterocycles. The Morgan fingerprint density at radius 2 is 1.77 bits per heavy atom. The van der Waals surface area contributed by atoms with Crippen molar-refractivity contribution in [2.45, 2.75) is 24.7 Å². The first-order chi connectivity index (χ1) is 12.6. The first-order valence-corrected chi connectivity index (χ1v) is 9.29. The second kappa shape index (κ2) is 7.60. The minimum atomic E-state index is -0.411. The number of carbonyl (C=O) groups is 1. The second-order valence-electron chi connectivity index (χ2n) is 7.13. The second-order valence-corrected chi connectivity index (χ2v) is 7.13. The van der Waals surface area contributed by atoms with Crippen LogP contribution in [0.15, 0.2) is 24.3 Å². The lowest BCUT2D eigenvalue weighted by Gasteiger charge is -2.39. The number of piperidine rings is 1. The zero-order valence-electron chi connectivity index (χ0n) is 14.9. The Bertz CT molecular complexity index is 623. The average molecular weight is 364 g/mol. The third kappa shape index (κ3) is 3.91. The fourth-order valence-electron chi connectivity index (χ4n) is 3.88. The van der Waals surface area contributed by atoms with Gasteiger partial charge in [-0.1, -0.05) is 12.1 Å². The Morgan fingerprint density at radius 3 is 2.46 bits per heavy atom. The zero-order valence-corrected chi connectivity index (χ0v) is 14.9. The van der Waals surface area contributed by atoms with Crippen LogP contribution in [-0.2, 0) is 19.0 Å². The van der Waals surface area contributed by atoms with Crippen LogP contribution in [0.25, 0.3) is 0 Å². The van der Waals surface area contributed by atoms with E-state index in [1.165, 1.54) is 12.1 Å². The molecule has 1 aromatic rings. The molecule has 1 aromatic carbocycles. The quantitative estimate of drug-likeness (QED) is 0.815. The summed E-state index contributed by atoms with van der Waals surface area (Å²) in [6, 6.07) is 6.30. The number of nitrogens with zero attached hydrogens (tertiary/aromatic N) is 2. The first-order valence-electron chi connectivity index (χ1n) is 9.29. The van der Waals surface area contributed by atoms with E-state index in [1.807, 2.05) is 4.90 Å². The maximum absolute atomic E-state index is 13.1. The van der Waals surface area contributed by atoms with Crippen molar-refractivity contribution >= 4 is 5.91 Å². The van der Waals surface area contributed by atoms with E-state index in [-0.39, 0.29) is 17.8 Å². The number of hydrogen-bond donors (Lipinski definition) is 0. The number of carbonyl (C=O) groups excluding carboxylic acids is 1. The van der Waals surface area contributed by atoms with E-state index in [9.17, 15) is 9.18 Å².